The Morgan fingerprint density at radius 2 is 1.94 bits per heavy atom. The molecule has 0 bridgehead atoms. The van der Waals surface area contributed by atoms with Gasteiger partial charge in [-0.15, -0.1) is 0 Å². The Bertz CT molecular complexity index is 1200. The Kier molecular flexibility index (Phi) is 8.32. The first-order valence-electron chi connectivity index (χ1n) is 10.6. The van der Waals surface area contributed by atoms with E-state index >= 15 is 0 Å². The minimum Gasteiger partial charge on any atom is -0.490 e. The minimum absolute atomic E-state index is 0.0416. The quantitative estimate of drug-likeness (QED) is 0.307. The molecule has 0 spiro atoms. The number of benzene rings is 2. The summed E-state index contributed by atoms with van der Waals surface area (Å²) < 4.78 is 15.5. The van der Waals surface area contributed by atoms with Gasteiger partial charge in [0.1, 0.15) is 12.2 Å². The minimum atomic E-state index is -0.727. The van der Waals surface area contributed by atoms with Crippen LogP contribution in [0.25, 0.3) is 6.08 Å². The summed E-state index contributed by atoms with van der Waals surface area (Å²) in [6, 6.07) is 9.44. The number of anilines is 1. The summed E-state index contributed by atoms with van der Waals surface area (Å²) in [5, 5.41) is 5.24. The van der Waals surface area contributed by atoms with E-state index in [1.54, 1.807) is 31.2 Å². The number of methoxy groups -OCH3 is 1. The van der Waals surface area contributed by atoms with Crippen molar-refractivity contribution >= 4 is 47.2 Å². The van der Waals surface area contributed by atoms with Crippen LogP contribution in [0.3, 0.4) is 0 Å². The standard InChI is InChI=1S/C24H24ClN3O7/c1-4-34-19-11-15(9-17(25)22(19)35-13-21(30)33-3)10-18-23(31)28(24(32)27-18)12-20(29)26-16-7-5-6-14(2)8-16/h5-11H,4,12-13H2,1-3H3,(H,26,29)(H,27,32)/b18-10+. The van der Waals surface area contributed by atoms with Crippen LogP contribution in [0.1, 0.15) is 18.1 Å². The number of esters is 1. The van der Waals surface area contributed by atoms with E-state index in [4.69, 9.17) is 21.1 Å². The van der Waals surface area contributed by atoms with Gasteiger partial charge in [0.15, 0.2) is 18.1 Å². The Hall–Kier alpha value is -4.05. The second-order valence-electron chi connectivity index (χ2n) is 7.42. The molecule has 0 saturated carbocycles. The van der Waals surface area contributed by atoms with E-state index in [0.29, 0.717) is 11.3 Å². The Balaban J connectivity index is 1.76. The molecule has 2 aromatic rings. The van der Waals surface area contributed by atoms with Gasteiger partial charge in [-0.2, -0.15) is 0 Å². The molecule has 35 heavy (non-hydrogen) atoms. The molecule has 3 rings (SSSR count). The summed E-state index contributed by atoms with van der Waals surface area (Å²) >= 11 is 6.31. The van der Waals surface area contributed by atoms with Crippen molar-refractivity contribution in [3.05, 3.63) is 58.2 Å². The topological polar surface area (TPSA) is 123 Å². The predicted molar refractivity (Wildman–Crippen MR) is 128 cm³/mol. The largest absolute Gasteiger partial charge is 0.490 e. The molecule has 1 fully saturated rings. The fourth-order valence-electron chi connectivity index (χ4n) is 3.21. The number of ether oxygens (including phenoxy) is 3. The van der Waals surface area contributed by atoms with Gasteiger partial charge in [-0.25, -0.2) is 14.5 Å². The molecular weight excluding hydrogens is 478 g/mol. The van der Waals surface area contributed by atoms with Crippen molar-refractivity contribution < 1.29 is 33.4 Å². The monoisotopic (exact) mass is 501 g/mol. The number of carbonyl (C=O) groups is 4. The lowest BCUT2D eigenvalue weighted by atomic mass is 10.1. The number of hydrogen-bond donors (Lipinski definition) is 2. The molecule has 1 heterocycles. The molecule has 2 aromatic carbocycles. The van der Waals surface area contributed by atoms with E-state index in [2.05, 4.69) is 15.4 Å². The lowest BCUT2D eigenvalue weighted by Gasteiger charge is -2.14. The number of aryl methyl sites for hydroxylation is 1. The van der Waals surface area contributed by atoms with E-state index < -0.39 is 30.4 Å². The van der Waals surface area contributed by atoms with Gasteiger partial charge in [0.05, 0.1) is 18.7 Å². The van der Waals surface area contributed by atoms with E-state index in [1.165, 1.54) is 19.3 Å². The second kappa shape index (κ2) is 11.4. The van der Waals surface area contributed by atoms with Crippen LogP contribution in [-0.2, 0) is 19.1 Å². The van der Waals surface area contributed by atoms with Crippen LogP contribution in [0.15, 0.2) is 42.1 Å². The van der Waals surface area contributed by atoms with Crippen LogP contribution in [0.5, 0.6) is 11.5 Å². The molecule has 184 valence electrons. The molecule has 0 unspecified atom stereocenters. The molecule has 1 aliphatic heterocycles. The highest BCUT2D eigenvalue weighted by molar-refractivity contribution is 6.32. The Morgan fingerprint density at radius 3 is 2.63 bits per heavy atom. The van der Waals surface area contributed by atoms with Crippen LogP contribution >= 0.6 is 11.6 Å². The first-order chi connectivity index (χ1) is 16.7. The smallest absolute Gasteiger partial charge is 0.343 e. The zero-order chi connectivity index (χ0) is 25.5. The normalized spacial score (nSPS) is 14.1. The van der Waals surface area contributed by atoms with Crippen molar-refractivity contribution in [2.24, 2.45) is 0 Å². The summed E-state index contributed by atoms with van der Waals surface area (Å²) in [6.45, 7) is 3.09. The number of rotatable bonds is 9. The third-order valence-electron chi connectivity index (χ3n) is 4.77. The number of nitrogens with one attached hydrogen (secondary N) is 2. The fraction of sp³-hybridized carbons (Fsp3) is 0.250. The number of hydrogen-bond acceptors (Lipinski definition) is 7. The van der Waals surface area contributed by atoms with Crippen molar-refractivity contribution in [2.45, 2.75) is 13.8 Å². The van der Waals surface area contributed by atoms with E-state index in [9.17, 15) is 19.2 Å². The van der Waals surface area contributed by atoms with E-state index in [-0.39, 0.29) is 35.4 Å². The van der Waals surface area contributed by atoms with E-state index in [0.717, 1.165) is 10.5 Å². The summed E-state index contributed by atoms with van der Waals surface area (Å²) in [5.74, 6) is -1.41. The molecule has 0 aliphatic carbocycles. The lowest BCUT2D eigenvalue weighted by molar-refractivity contribution is -0.143. The highest BCUT2D eigenvalue weighted by atomic mass is 35.5. The third-order valence-corrected chi connectivity index (χ3v) is 5.05. The maximum Gasteiger partial charge on any atom is 0.343 e. The molecule has 4 amide bonds. The molecule has 10 nitrogen and oxygen atoms in total. The van der Waals surface area contributed by atoms with Crippen LogP contribution in [0, 0.1) is 6.92 Å². The number of urea groups is 1. The maximum absolute atomic E-state index is 12.8. The van der Waals surface area contributed by atoms with Gasteiger partial charge >= 0.3 is 12.0 Å². The average Bonchev–Trinajstić information content (AvgIpc) is 3.05. The van der Waals surface area contributed by atoms with E-state index in [1.807, 2.05) is 13.0 Å². The molecule has 0 atom stereocenters. The first-order valence-corrected chi connectivity index (χ1v) is 11.0. The predicted octanol–water partition coefficient (Wildman–Crippen LogP) is 3.13. The third kappa shape index (κ3) is 6.51. The molecular formula is C24H24ClN3O7. The second-order valence-corrected chi connectivity index (χ2v) is 7.83. The zero-order valence-electron chi connectivity index (χ0n) is 19.3. The van der Waals surface area contributed by atoms with Crippen LogP contribution < -0.4 is 20.1 Å². The van der Waals surface area contributed by atoms with Gasteiger partial charge in [0, 0.05) is 5.69 Å². The van der Waals surface area contributed by atoms with Crippen molar-refractivity contribution in [2.75, 3.05) is 32.2 Å². The van der Waals surface area contributed by atoms with Gasteiger partial charge in [-0.05, 0) is 55.3 Å². The van der Waals surface area contributed by atoms with Crippen LogP contribution in [0.2, 0.25) is 5.02 Å². The van der Waals surface area contributed by atoms with Crippen molar-refractivity contribution in [1.82, 2.24) is 10.2 Å². The average molecular weight is 502 g/mol. The van der Waals surface area contributed by atoms with Crippen molar-refractivity contribution in [3.63, 3.8) is 0 Å². The number of carbonyl (C=O) groups excluding carboxylic acids is 4. The number of amides is 4. The van der Waals surface area contributed by atoms with Crippen molar-refractivity contribution in [1.29, 1.82) is 0 Å². The summed E-state index contributed by atoms with van der Waals surface area (Å²) in [4.78, 5) is 49.7. The van der Waals surface area contributed by atoms with Gasteiger partial charge in [-0.3, -0.25) is 9.59 Å². The SMILES string of the molecule is CCOc1cc(/C=C2/NC(=O)N(CC(=O)Nc3cccc(C)c3)C2=O)cc(Cl)c1OCC(=O)OC. The van der Waals surface area contributed by atoms with Gasteiger partial charge < -0.3 is 24.8 Å². The molecule has 1 aliphatic rings. The summed E-state index contributed by atoms with van der Waals surface area (Å²) in [7, 11) is 1.23. The summed E-state index contributed by atoms with van der Waals surface area (Å²) in [6.07, 6.45) is 1.40. The lowest BCUT2D eigenvalue weighted by Crippen LogP contribution is -2.38. The molecule has 1 saturated heterocycles. The molecule has 11 heteroatoms. The highest BCUT2D eigenvalue weighted by Gasteiger charge is 2.35. The number of nitrogens with zero attached hydrogens (tertiary/aromatic N) is 1. The van der Waals surface area contributed by atoms with Crippen LogP contribution in [0.4, 0.5) is 10.5 Å². The van der Waals surface area contributed by atoms with Gasteiger partial charge in [0.25, 0.3) is 5.91 Å². The zero-order valence-corrected chi connectivity index (χ0v) is 20.1. The van der Waals surface area contributed by atoms with Gasteiger partial charge in [0.2, 0.25) is 5.91 Å². The van der Waals surface area contributed by atoms with Crippen LogP contribution in [-0.4, -0.2) is 55.6 Å². The number of imide groups is 1. The fourth-order valence-corrected chi connectivity index (χ4v) is 3.49. The maximum atomic E-state index is 12.8. The Morgan fingerprint density at radius 1 is 1.17 bits per heavy atom. The first kappa shape index (κ1) is 25.6. The van der Waals surface area contributed by atoms with Crippen molar-refractivity contribution in [3.8, 4) is 11.5 Å². The van der Waals surface area contributed by atoms with Gasteiger partial charge in [-0.1, -0.05) is 23.7 Å². The Labute approximate surface area is 206 Å². The molecule has 0 radical (unpaired) electrons. The highest BCUT2D eigenvalue weighted by Crippen LogP contribution is 2.37. The molecule has 2 N–H and O–H groups in total. The number of halogens is 1. The molecule has 0 aromatic heterocycles. The summed E-state index contributed by atoms with van der Waals surface area (Å²) in [5.41, 5.74) is 1.90.